The molecule has 0 spiro atoms. The lowest BCUT2D eigenvalue weighted by Gasteiger charge is -2.18. The molecule has 7 heteroatoms. The van der Waals surface area contributed by atoms with E-state index in [9.17, 15) is 0 Å². The Kier molecular flexibility index (Phi) is 8.77. The first kappa shape index (κ1) is 37.5. The van der Waals surface area contributed by atoms with Crippen molar-refractivity contribution in [1.82, 2.24) is 15.0 Å². The van der Waals surface area contributed by atoms with Gasteiger partial charge >= 0.3 is 0 Å². The van der Waals surface area contributed by atoms with Crippen molar-refractivity contribution in [3.05, 3.63) is 212 Å². The number of aromatic nitrogens is 3. The van der Waals surface area contributed by atoms with Crippen molar-refractivity contribution in [3.63, 3.8) is 0 Å². The molecule has 0 atom stereocenters. The summed E-state index contributed by atoms with van der Waals surface area (Å²) >= 11 is 0. The zero-order valence-corrected chi connectivity index (χ0v) is 35.0. The van der Waals surface area contributed by atoms with Crippen LogP contribution in [-0.4, -0.2) is 23.4 Å². The Morgan fingerprint density at radius 3 is 1.48 bits per heavy atom. The van der Waals surface area contributed by atoms with Crippen LogP contribution in [0.5, 0.6) is 0 Å². The highest BCUT2D eigenvalue weighted by Crippen LogP contribution is 2.49. The van der Waals surface area contributed by atoms with Crippen LogP contribution in [0.25, 0.3) is 112 Å². The number of nitrogens with zero attached hydrogens (tertiary/aromatic N) is 3. The van der Waals surface area contributed by atoms with Gasteiger partial charge in [-0.3, -0.25) is 0 Å². The summed E-state index contributed by atoms with van der Waals surface area (Å²) in [5.74, 6) is 1.49. The van der Waals surface area contributed by atoms with Crippen LogP contribution in [0.1, 0.15) is 0 Å². The monoisotopic (exact) mass is 841 g/mol. The Labute approximate surface area is 369 Å². The molecule has 11 aromatic rings. The fourth-order valence-corrected chi connectivity index (χ4v) is 10.8. The van der Waals surface area contributed by atoms with Crippen molar-refractivity contribution in [3.8, 4) is 89.8 Å². The van der Waals surface area contributed by atoms with Crippen LogP contribution in [0.3, 0.4) is 0 Å². The van der Waals surface area contributed by atoms with E-state index < -0.39 is 9.84 Å². The summed E-state index contributed by atoms with van der Waals surface area (Å²) in [6.07, 6.45) is 0. The molecular weight excluding hydrogens is 807 g/mol. The number of hydrogen-bond donors (Lipinski definition) is 0. The van der Waals surface area contributed by atoms with Gasteiger partial charge in [-0.05, 0) is 80.9 Å². The predicted octanol–water partition coefficient (Wildman–Crippen LogP) is 14.3. The molecule has 0 saturated heterocycles. The largest absolute Gasteiger partial charge is 0.456 e. The van der Waals surface area contributed by atoms with Gasteiger partial charge < -0.3 is 4.42 Å². The molecular formula is C57H35N3O3S. The third kappa shape index (κ3) is 6.24. The average molecular weight is 842 g/mol. The second-order valence-electron chi connectivity index (χ2n) is 15.9. The fraction of sp³-hybridized carbons (Fsp3) is 0. The Morgan fingerprint density at radius 1 is 0.297 bits per heavy atom. The highest BCUT2D eigenvalue weighted by molar-refractivity contribution is 7.91. The summed E-state index contributed by atoms with van der Waals surface area (Å²) in [6.45, 7) is 0. The number of benzene rings is 9. The molecule has 0 unspecified atom stereocenters. The van der Waals surface area contributed by atoms with Crippen molar-refractivity contribution < 1.29 is 12.8 Å². The van der Waals surface area contributed by atoms with Gasteiger partial charge in [0.25, 0.3) is 0 Å². The highest BCUT2D eigenvalue weighted by Gasteiger charge is 2.31. The van der Waals surface area contributed by atoms with Crippen molar-refractivity contribution in [2.24, 2.45) is 0 Å². The molecule has 0 N–H and O–H groups in total. The number of furan rings is 1. The quantitative estimate of drug-likeness (QED) is 0.175. The maximum absolute atomic E-state index is 15.7. The molecule has 12 rings (SSSR count). The molecule has 1 aliphatic rings. The first-order valence-electron chi connectivity index (χ1n) is 21.1. The lowest BCUT2D eigenvalue weighted by Crippen LogP contribution is -2.06. The summed E-state index contributed by atoms with van der Waals surface area (Å²) < 4.78 is 37.8. The van der Waals surface area contributed by atoms with E-state index in [0.717, 1.165) is 60.8 Å². The van der Waals surface area contributed by atoms with Crippen molar-refractivity contribution in [1.29, 1.82) is 0 Å². The molecule has 0 bridgehead atoms. The van der Waals surface area contributed by atoms with E-state index in [1.54, 1.807) is 18.2 Å². The molecule has 0 fully saturated rings. The van der Waals surface area contributed by atoms with Gasteiger partial charge in [-0.25, -0.2) is 23.4 Å². The zero-order valence-electron chi connectivity index (χ0n) is 34.2. The Bertz CT molecular complexity index is 3750. The van der Waals surface area contributed by atoms with E-state index in [1.807, 2.05) is 146 Å². The number of hydrogen-bond acceptors (Lipinski definition) is 6. The third-order valence-corrected chi connectivity index (χ3v) is 14.0. The molecule has 0 radical (unpaired) electrons. The maximum atomic E-state index is 15.7. The minimum atomic E-state index is -4.20. The second kappa shape index (κ2) is 15.0. The topological polar surface area (TPSA) is 86.0 Å². The zero-order chi connectivity index (χ0) is 42.8. The van der Waals surface area contributed by atoms with Gasteiger partial charge in [-0.15, -0.1) is 0 Å². The first-order chi connectivity index (χ1) is 31.5. The van der Waals surface area contributed by atoms with Gasteiger partial charge in [0.05, 0.1) is 9.79 Å². The predicted molar refractivity (Wildman–Crippen MR) is 256 cm³/mol. The first-order valence-corrected chi connectivity index (χ1v) is 22.6. The summed E-state index contributed by atoms with van der Waals surface area (Å²) in [5, 5.41) is 1.56. The van der Waals surface area contributed by atoms with E-state index in [1.165, 1.54) is 0 Å². The number of para-hydroxylation sites is 1. The van der Waals surface area contributed by atoms with Crippen LogP contribution in [0.15, 0.2) is 227 Å². The average Bonchev–Trinajstić information content (AvgIpc) is 3.73. The van der Waals surface area contributed by atoms with E-state index in [4.69, 9.17) is 19.4 Å². The molecule has 0 amide bonds. The Morgan fingerprint density at radius 2 is 0.797 bits per heavy atom. The number of fused-ring (bicyclic) bond motifs is 12. The summed E-state index contributed by atoms with van der Waals surface area (Å²) in [7, 11) is -4.20. The minimum absolute atomic E-state index is 0.174. The molecule has 2 aromatic heterocycles. The van der Waals surface area contributed by atoms with Gasteiger partial charge in [-0.1, -0.05) is 176 Å². The van der Waals surface area contributed by atoms with Gasteiger partial charge in [-0.2, -0.15) is 0 Å². The summed E-state index contributed by atoms with van der Waals surface area (Å²) in [6, 6.07) is 69.5. The molecule has 0 aliphatic carbocycles. The van der Waals surface area contributed by atoms with E-state index in [2.05, 4.69) is 48.5 Å². The fourth-order valence-electron chi connectivity index (χ4n) is 9.09. The van der Waals surface area contributed by atoms with Gasteiger partial charge in [0.15, 0.2) is 17.5 Å². The highest BCUT2D eigenvalue weighted by atomic mass is 32.2. The van der Waals surface area contributed by atoms with Gasteiger partial charge in [0.2, 0.25) is 9.84 Å². The van der Waals surface area contributed by atoms with Crippen LogP contribution in [-0.2, 0) is 9.84 Å². The molecule has 64 heavy (non-hydrogen) atoms. The summed E-state index contributed by atoms with van der Waals surface area (Å²) in [4.78, 5) is 15.8. The minimum Gasteiger partial charge on any atom is -0.456 e. The molecule has 9 aromatic carbocycles. The number of sulfone groups is 1. The van der Waals surface area contributed by atoms with E-state index in [0.29, 0.717) is 50.9 Å². The van der Waals surface area contributed by atoms with Crippen molar-refractivity contribution >= 4 is 31.8 Å². The van der Waals surface area contributed by atoms with Gasteiger partial charge in [0, 0.05) is 38.6 Å². The normalized spacial score (nSPS) is 12.6. The van der Waals surface area contributed by atoms with Gasteiger partial charge in [0.1, 0.15) is 11.2 Å². The van der Waals surface area contributed by atoms with Crippen LogP contribution in [0, 0.1) is 0 Å². The third-order valence-electron chi connectivity index (χ3n) is 12.1. The van der Waals surface area contributed by atoms with Crippen molar-refractivity contribution in [2.45, 2.75) is 9.79 Å². The smallest absolute Gasteiger partial charge is 0.207 e. The molecule has 0 saturated carbocycles. The van der Waals surface area contributed by atoms with Crippen LogP contribution >= 0.6 is 0 Å². The number of rotatable bonds is 4. The van der Waals surface area contributed by atoms with E-state index in [-0.39, 0.29) is 9.79 Å². The maximum Gasteiger partial charge on any atom is 0.207 e. The molecule has 1 aliphatic heterocycles. The molecule has 6 nitrogen and oxygen atoms in total. The summed E-state index contributed by atoms with van der Waals surface area (Å²) in [5.41, 5.74) is 12.1. The van der Waals surface area contributed by atoms with Crippen molar-refractivity contribution in [2.75, 3.05) is 0 Å². The SMILES string of the molecule is O=S1(=O)c2ccccc2-c2ccccc2-c2ccccc2-c2ccc(-c3nc(-c4ccccc4)nc(-c4cccc(-c5ccccc5)c4)n3)cc2-c2cc3oc4ccccc4c3cc21. The Hall–Kier alpha value is -8.26. The second-order valence-corrected chi connectivity index (χ2v) is 17.8. The van der Waals surface area contributed by atoms with E-state index >= 15 is 8.42 Å². The lowest BCUT2D eigenvalue weighted by atomic mass is 9.86. The Balaban J connectivity index is 1.17. The molecule has 3 heterocycles. The van der Waals surface area contributed by atoms with Crippen LogP contribution in [0.4, 0.5) is 0 Å². The lowest BCUT2D eigenvalue weighted by molar-refractivity contribution is 0.596. The van der Waals surface area contributed by atoms with Crippen LogP contribution in [0.2, 0.25) is 0 Å². The standard InChI is InChI=1S/C57H35N3O3S/c61-64(62)53-29-14-12-27-47(53)44-25-10-9-23-42(44)41-22-7-8-24-43(41)45-31-30-40(33-48(45)50-34-52-49(35-54(50)64)46-26-11-13-28-51(46)63-52)57-59-55(37-18-5-2-6-19-37)58-56(60-57)39-21-15-20-38(32-39)36-16-3-1-4-17-36/h1-35H. The molecule has 302 valence electrons. The van der Waals surface area contributed by atoms with Crippen LogP contribution < -0.4 is 0 Å².